The summed E-state index contributed by atoms with van der Waals surface area (Å²) in [5.41, 5.74) is 0.784. The van der Waals surface area contributed by atoms with Gasteiger partial charge in [0.25, 0.3) is 0 Å². The molecule has 11 heteroatoms. The van der Waals surface area contributed by atoms with Crippen molar-refractivity contribution < 1.29 is 42.1 Å². The van der Waals surface area contributed by atoms with Gasteiger partial charge in [-0.05, 0) is 86.9 Å². The van der Waals surface area contributed by atoms with Crippen LogP contribution in [0.25, 0.3) is 0 Å². The lowest BCUT2D eigenvalue weighted by atomic mass is 10.00. The molecule has 1 heterocycles. The van der Waals surface area contributed by atoms with Crippen LogP contribution in [0.15, 0.2) is 36.4 Å². The van der Waals surface area contributed by atoms with Crippen LogP contribution < -0.4 is 9.64 Å². The molecule has 0 bridgehead atoms. The van der Waals surface area contributed by atoms with Gasteiger partial charge in [0.1, 0.15) is 24.5 Å². The van der Waals surface area contributed by atoms with E-state index in [0.717, 1.165) is 29.4 Å². The second kappa shape index (κ2) is 11.4. The number of carbonyl (C=O) groups is 3. The van der Waals surface area contributed by atoms with Gasteiger partial charge >= 0.3 is 18.2 Å². The maximum absolute atomic E-state index is 13.6. The monoisotopic (exact) mass is 562 g/mol. The molecule has 0 radical (unpaired) electrons. The van der Waals surface area contributed by atoms with E-state index in [2.05, 4.69) is 0 Å². The molecule has 8 nitrogen and oxygen atoms in total. The van der Waals surface area contributed by atoms with Gasteiger partial charge in [-0.1, -0.05) is 12.1 Å². The number of hydrogen-bond acceptors (Lipinski definition) is 5. The number of hydrogen-bond donors (Lipinski definition) is 1. The molecule has 40 heavy (non-hydrogen) atoms. The van der Waals surface area contributed by atoms with E-state index in [-0.39, 0.29) is 37.9 Å². The Balaban J connectivity index is 1.41. The van der Waals surface area contributed by atoms with Crippen LogP contribution in [0.1, 0.15) is 68.2 Å². The van der Waals surface area contributed by atoms with Crippen molar-refractivity contribution in [1.29, 1.82) is 0 Å². The Morgan fingerprint density at radius 1 is 1.07 bits per heavy atom. The molecule has 1 fully saturated rings. The Kier molecular flexibility index (Phi) is 8.32. The van der Waals surface area contributed by atoms with E-state index >= 15 is 0 Å². The number of fused-ring (bicyclic) bond motifs is 1. The van der Waals surface area contributed by atoms with E-state index in [0.29, 0.717) is 35.5 Å². The minimum atomic E-state index is -4.43. The Morgan fingerprint density at radius 2 is 1.80 bits per heavy atom. The van der Waals surface area contributed by atoms with Crippen molar-refractivity contribution >= 4 is 23.7 Å². The van der Waals surface area contributed by atoms with Gasteiger partial charge in [-0.3, -0.25) is 14.5 Å². The summed E-state index contributed by atoms with van der Waals surface area (Å²) < 4.78 is 51.9. The molecule has 1 aliphatic heterocycles. The molecule has 216 valence electrons. The van der Waals surface area contributed by atoms with E-state index in [4.69, 9.17) is 14.6 Å². The lowest BCUT2D eigenvalue weighted by Gasteiger charge is -2.28. The molecular formula is C29H33F3N2O6. The first-order chi connectivity index (χ1) is 18.7. The van der Waals surface area contributed by atoms with Crippen LogP contribution in [0.3, 0.4) is 0 Å². The van der Waals surface area contributed by atoms with Crippen LogP contribution in [-0.2, 0) is 33.5 Å². The number of nitrogens with zero attached hydrogens (tertiary/aromatic N) is 2. The van der Waals surface area contributed by atoms with E-state index in [1.54, 1.807) is 51.1 Å². The number of ether oxygens (including phenoxy) is 2. The van der Waals surface area contributed by atoms with E-state index in [9.17, 15) is 27.6 Å². The molecule has 1 saturated carbocycles. The fraction of sp³-hybridized carbons (Fsp3) is 0.483. The summed E-state index contributed by atoms with van der Waals surface area (Å²) >= 11 is 0. The summed E-state index contributed by atoms with van der Waals surface area (Å²) in [6.07, 6.45) is -3.47. The smallest absolute Gasteiger partial charge is 0.416 e. The average Bonchev–Trinajstić information content (AvgIpc) is 3.61. The summed E-state index contributed by atoms with van der Waals surface area (Å²) in [4.78, 5) is 39.4. The van der Waals surface area contributed by atoms with Crippen molar-refractivity contribution in [2.75, 3.05) is 24.5 Å². The van der Waals surface area contributed by atoms with Crippen molar-refractivity contribution in [1.82, 2.24) is 4.90 Å². The topological polar surface area (TPSA) is 96.4 Å². The van der Waals surface area contributed by atoms with E-state index in [1.165, 1.54) is 4.90 Å². The van der Waals surface area contributed by atoms with Crippen LogP contribution in [0, 0.1) is 0 Å². The number of benzene rings is 2. The van der Waals surface area contributed by atoms with Gasteiger partial charge in [0.15, 0.2) is 0 Å². The number of carbonyl (C=O) groups excluding carboxylic acids is 2. The largest absolute Gasteiger partial charge is 0.489 e. The fourth-order valence-corrected chi connectivity index (χ4v) is 4.62. The number of halogens is 3. The summed E-state index contributed by atoms with van der Waals surface area (Å²) in [5, 5.41) is 9.04. The molecule has 2 aromatic rings. The maximum Gasteiger partial charge on any atom is 0.416 e. The van der Waals surface area contributed by atoms with Gasteiger partial charge < -0.3 is 19.5 Å². The van der Waals surface area contributed by atoms with Crippen LogP contribution >= 0.6 is 0 Å². The van der Waals surface area contributed by atoms with Crippen molar-refractivity contribution in [3.8, 4) is 5.75 Å². The average molecular weight is 563 g/mol. The summed E-state index contributed by atoms with van der Waals surface area (Å²) in [6, 6.07) is 9.45. The van der Waals surface area contributed by atoms with Gasteiger partial charge in [0.05, 0.1) is 12.0 Å². The minimum Gasteiger partial charge on any atom is -0.489 e. The van der Waals surface area contributed by atoms with Crippen molar-refractivity contribution in [2.45, 2.75) is 70.8 Å². The zero-order chi connectivity index (χ0) is 29.2. The highest BCUT2D eigenvalue weighted by molar-refractivity contribution is 5.98. The van der Waals surface area contributed by atoms with Crippen molar-refractivity contribution in [3.63, 3.8) is 0 Å². The molecular weight excluding hydrogens is 529 g/mol. The molecule has 2 aromatic carbocycles. The summed E-state index contributed by atoms with van der Waals surface area (Å²) in [6.45, 7) is 4.82. The third-order valence-corrected chi connectivity index (χ3v) is 6.67. The molecule has 2 aliphatic rings. The van der Waals surface area contributed by atoms with Crippen LogP contribution in [0.5, 0.6) is 5.75 Å². The molecule has 2 amide bonds. The number of aliphatic carboxylic acids is 1. The van der Waals surface area contributed by atoms with E-state index in [1.807, 2.05) is 0 Å². The second-order valence-electron chi connectivity index (χ2n) is 11.1. The standard InChI is InChI=1S/C29H33F3N2O6/c1-28(2,3)40-27(38)33(12-11-26(36)37)16-25(35)34-13-10-20-15-21(7-9-24(20)34)39-17-18-4-8-22(19-5-6-19)23(14-18)29(30,31)32/h4,7-9,14-15,19H,5-6,10-13,16-17H2,1-3H3,(H,36,37). The highest BCUT2D eigenvalue weighted by Gasteiger charge is 2.38. The minimum absolute atomic E-state index is 0.0256. The first-order valence-corrected chi connectivity index (χ1v) is 13.2. The fourth-order valence-electron chi connectivity index (χ4n) is 4.62. The molecule has 1 N–H and O–H groups in total. The van der Waals surface area contributed by atoms with Gasteiger partial charge in [-0.15, -0.1) is 0 Å². The van der Waals surface area contributed by atoms with Crippen LogP contribution in [0.2, 0.25) is 0 Å². The third kappa shape index (κ3) is 7.45. The highest BCUT2D eigenvalue weighted by atomic mass is 19.4. The lowest BCUT2D eigenvalue weighted by Crippen LogP contribution is -2.45. The summed E-state index contributed by atoms with van der Waals surface area (Å²) in [5.74, 6) is -1.06. The van der Waals surface area contributed by atoms with Gasteiger partial charge in [-0.25, -0.2) is 4.79 Å². The summed E-state index contributed by atoms with van der Waals surface area (Å²) in [7, 11) is 0. The Bertz CT molecular complexity index is 1280. The number of amides is 2. The van der Waals surface area contributed by atoms with Crippen LogP contribution in [-0.4, -0.2) is 53.2 Å². The molecule has 0 saturated heterocycles. The number of rotatable bonds is 9. The van der Waals surface area contributed by atoms with Crippen molar-refractivity contribution in [2.24, 2.45) is 0 Å². The first-order valence-electron chi connectivity index (χ1n) is 13.2. The Hall–Kier alpha value is -3.76. The zero-order valence-corrected chi connectivity index (χ0v) is 22.7. The maximum atomic E-state index is 13.6. The molecule has 0 unspecified atom stereocenters. The first kappa shape index (κ1) is 29.2. The molecule has 0 spiro atoms. The van der Waals surface area contributed by atoms with Gasteiger partial charge in [0, 0.05) is 18.8 Å². The Labute approximate surface area is 230 Å². The highest BCUT2D eigenvalue weighted by Crippen LogP contribution is 2.46. The van der Waals surface area contributed by atoms with Crippen LogP contribution in [0.4, 0.5) is 23.7 Å². The molecule has 0 atom stereocenters. The predicted molar refractivity (Wildman–Crippen MR) is 140 cm³/mol. The van der Waals surface area contributed by atoms with Crippen molar-refractivity contribution in [3.05, 3.63) is 58.7 Å². The number of alkyl halides is 3. The van der Waals surface area contributed by atoms with Gasteiger partial charge in [0.2, 0.25) is 5.91 Å². The Morgan fingerprint density at radius 3 is 2.42 bits per heavy atom. The molecule has 0 aromatic heterocycles. The predicted octanol–water partition coefficient (Wildman–Crippen LogP) is 5.76. The van der Waals surface area contributed by atoms with Gasteiger partial charge in [-0.2, -0.15) is 13.2 Å². The third-order valence-electron chi connectivity index (χ3n) is 6.67. The molecule has 4 rings (SSSR count). The SMILES string of the molecule is CC(C)(C)OC(=O)N(CCC(=O)O)CC(=O)N1CCc2cc(OCc3ccc(C4CC4)c(C(F)(F)F)c3)ccc21. The lowest BCUT2D eigenvalue weighted by molar-refractivity contribution is -0.138. The molecule has 1 aliphatic carbocycles. The second-order valence-corrected chi connectivity index (χ2v) is 11.1. The van der Waals surface area contributed by atoms with E-state index < -0.39 is 29.4 Å². The number of anilines is 1. The zero-order valence-electron chi connectivity index (χ0n) is 22.7. The quantitative estimate of drug-likeness (QED) is 0.417. The number of carboxylic acid groups (broad SMARTS) is 1. The number of carboxylic acids is 1. The normalized spacial score (nSPS) is 15.0.